The Hall–Kier alpha value is -5.41. The first-order valence-corrected chi connectivity index (χ1v) is 16.0. The molecule has 2 aromatic heterocycles. The van der Waals surface area contributed by atoms with Gasteiger partial charge in [-0.25, -0.2) is 0 Å². The van der Waals surface area contributed by atoms with Gasteiger partial charge in [-0.3, -0.25) is 9.78 Å². The SMILES string of the molecule is CCOc1ccc(Cc2nccc3cc(OCC)c(OCC)cc23)cc1OCC.Cl.O=c1cc(-c2ccccc2)oc2cc(O)cc(O)c12. The van der Waals surface area contributed by atoms with Gasteiger partial charge in [0.05, 0.1) is 32.1 Å². The minimum absolute atomic E-state index is 0. The Bertz CT molecular complexity index is 2060. The van der Waals surface area contributed by atoms with Gasteiger partial charge in [-0.2, -0.15) is 0 Å². The highest BCUT2D eigenvalue weighted by molar-refractivity contribution is 5.88. The summed E-state index contributed by atoms with van der Waals surface area (Å²) in [5, 5.41) is 21.3. The second kappa shape index (κ2) is 17.1. The largest absolute Gasteiger partial charge is 0.508 e. The van der Waals surface area contributed by atoms with Crippen molar-refractivity contribution in [1.82, 2.24) is 4.98 Å². The Kier molecular flexibility index (Phi) is 12.7. The van der Waals surface area contributed by atoms with Gasteiger partial charge in [0.2, 0.25) is 0 Å². The molecule has 0 fully saturated rings. The van der Waals surface area contributed by atoms with E-state index < -0.39 is 0 Å². The van der Waals surface area contributed by atoms with Crippen LogP contribution in [0.5, 0.6) is 34.5 Å². The number of benzene rings is 4. The van der Waals surface area contributed by atoms with E-state index in [-0.39, 0.29) is 40.3 Å². The van der Waals surface area contributed by atoms with E-state index in [1.54, 1.807) is 0 Å². The lowest BCUT2D eigenvalue weighted by atomic mass is 10.0. The Morgan fingerprint density at radius 3 is 2.00 bits per heavy atom. The number of phenols is 2. The van der Waals surface area contributed by atoms with Crippen LogP contribution in [0.3, 0.4) is 0 Å². The fourth-order valence-corrected chi connectivity index (χ4v) is 5.32. The first-order chi connectivity index (χ1) is 23.3. The van der Waals surface area contributed by atoms with Crippen LogP contribution in [0, 0.1) is 0 Å². The maximum atomic E-state index is 12.0. The van der Waals surface area contributed by atoms with Gasteiger partial charge in [-0.15, -0.1) is 12.4 Å². The Balaban J connectivity index is 0.000000234. The maximum Gasteiger partial charge on any atom is 0.197 e. The number of hydrogen-bond donors (Lipinski definition) is 2. The molecular weight excluding hydrogens is 646 g/mol. The van der Waals surface area contributed by atoms with E-state index >= 15 is 0 Å². The van der Waals surface area contributed by atoms with Gasteiger partial charge in [0.25, 0.3) is 0 Å². The first-order valence-electron chi connectivity index (χ1n) is 16.0. The number of rotatable bonds is 11. The summed E-state index contributed by atoms with van der Waals surface area (Å²) in [6.07, 6.45) is 2.52. The van der Waals surface area contributed by atoms with Crippen LogP contribution in [0.4, 0.5) is 0 Å². The van der Waals surface area contributed by atoms with E-state index in [1.807, 2.05) is 94.6 Å². The lowest BCUT2D eigenvalue weighted by Crippen LogP contribution is -2.01. The highest BCUT2D eigenvalue weighted by Gasteiger charge is 2.14. The molecule has 6 rings (SSSR count). The Morgan fingerprint density at radius 1 is 0.694 bits per heavy atom. The van der Waals surface area contributed by atoms with Gasteiger partial charge in [-0.1, -0.05) is 36.4 Å². The lowest BCUT2D eigenvalue weighted by molar-refractivity contribution is 0.287. The van der Waals surface area contributed by atoms with E-state index in [9.17, 15) is 15.0 Å². The smallest absolute Gasteiger partial charge is 0.197 e. The average molecular weight is 686 g/mol. The topological polar surface area (TPSA) is 120 Å². The zero-order valence-electron chi connectivity index (χ0n) is 27.9. The monoisotopic (exact) mass is 685 g/mol. The van der Waals surface area contributed by atoms with E-state index in [4.69, 9.17) is 23.4 Å². The zero-order chi connectivity index (χ0) is 34.0. The molecule has 0 radical (unpaired) electrons. The van der Waals surface area contributed by atoms with E-state index in [2.05, 4.69) is 11.1 Å². The van der Waals surface area contributed by atoms with Crippen LogP contribution in [-0.4, -0.2) is 41.6 Å². The summed E-state index contributed by atoms with van der Waals surface area (Å²) in [7, 11) is 0. The maximum absolute atomic E-state index is 12.0. The number of phenolic OH excluding ortho intramolecular Hbond substituents is 2. The molecule has 2 heterocycles. The van der Waals surface area contributed by atoms with Crippen molar-refractivity contribution in [3.05, 3.63) is 113 Å². The molecule has 0 saturated heterocycles. The minimum atomic E-state index is -0.349. The summed E-state index contributed by atoms with van der Waals surface area (Å²) >= 11 is 0. The number of hydrogen-bond acceptors (Lipinski definition) is 9. The lowest BCUT2D eigenvalue weighted by Gasteiger charge is -2.15. The van der Waals surface area contributed by atoms with Gasteiger partial charge < -0.3 is 33.6 Å². The fraction of sp³-hybridized carbons (Fsp3) is 0.231. The van der Waals surface area contributed by atoms with Crippen molar-refractivity contribution >= 4 is 34.1 Å². The number of ether oxygens (including phenoxy) is 4. The number of halogens is 1. The number of pyridine rings is 1. The molecule has 2 N–H and O–H groups in total. The molecule has 4 aromatic carbocycles. The van der Waals surface area contributed by atoms with Crippen molar-refractivity contribution in [2.45, 2.75) is 34.1 Å². The van der Waals surface area contributed by atoms with Gasteiger partial charge in [0.1, 0.15) is 28.2 Å². The second-order valence-electron chi connectivity index (χ2n) is 10.6. The van der Waals surface area contributed by atoms with Crippen LogP contribution < -0.4 is 24.4 Å². The Labute approximate surface area is 291 Å². The molecule has 0 aliphatic rings. The predicted molar refractivity (Wildman–Crippen MR) is 194 cm³/mol. The van der Waals surface area contributed by atoms with Crippen LogP contribution in [0.25, 0.3) is 33.1 Å². The van der Waals surface area contributed by atoms with Gasteiger partial charge in [0.15, 0.2) is 28.4 Å². The third kappa shape index (κ3) is 8.74. The summed E-state index contributed by atoms with van der Waals surface area (Å²) in [6, 6.07) is 25.0. The summed E-state index contributed by atoms with van der Waals surface area (Å²) in [5.41, 5.74) is 2.66. The van der Waals surface area contributed by atoms with E-state index in [0.29, 0.717) is 38.6 Å². The van der Waals surface area contributed by atoms with Crippen molar-refractivity contribution in [2.75, 3.05) is 26.4 Å². The first kappa shape index (κ1) is 36.4. The van der Waals surface area contributed by atoms with E-state index in [1.165, 1.54) is 12.1 Å². The van der Waals surface area contributed by atoms with Gasteiger partial charge in [0, 0.05) is 41.8 Å². The second-order valence-corrected chi connectivity index (χ2v) is 10.6. The molecule has 0 aliphatic heterocycles. The van der Waals surface area contributed by atoms with Crippen LogP contribution in [0.2, 0.25) is 0 Å². The van der Waals surface area contributed by atoms with Crippen molar-refractivity contribution in [1.29, 1.82) is 0 Å². The highest BCUT2D eigenvalue weighted by Crippen LogP contribution is 2.35. The number of nitrogens with zero attached hydrogens (tertiary/aromatic N) is 1. The summed E-state index contributed by atoms with van der Waals surface area (Å²) in [4.78, 5) is 16.6. The average Bonchev–Trinajstić information content (AvgIpc) is 3.07. The molecule has 0 unspecified atom stereocenters. The quantitative estimate of drug-likeness (QED) is 0.138. The molecule has 0 saturated carbocycles. The molecule has 0 atom stereocenters. The zero-order valence-corrected chi connectivity index (χ0v) is 28.7. The molecule has 9 nitrogen and oxygen atoms in total. The van der Waals surface area contributed by atoms with Crippen molar-refractivity contribution in [3.8, 4) is 45.8 Å². The summed E-state index contributed by atoms with van der Waals surface area (Å²) in [6.45, 7) is 10.3. The third-order valence-electron chi connectivity index (χ3n) is 7.34. The predicted octanol–water partition coefficient (Wildman–Crippen LogP) is 8.71. The van der Waals surface area contributed by atoms with Crippen LogP contribution >= 0.6 is 12.4 Å². The highest BCUT2D eigenvalue weighted by atomic mass is 35.5. The molecule has 49 heavy (non-hydrogen) atoms. The van der Waals surface area contributed by atoms with Gasteiger partial charge in [-0.05, 0) is 69.0 Å². The summed E-state index contributed by atoms with van der Waals surface area (Å²) in [5.74, 6) is 2.99. The molecular formula is C39H40ClNO8. The van der Waals surface area contributed by atoms with Crippen molar-refractivity contribution in [2.24, 2.45) is 0 Å². The number of aromatic nitrogens is 1. The minimum Gasteiger partial charge on any atom is -0.508 e. The van der Waals surface area contributed by atoms with E-state index in [0.717, 1.165) is 56.7 Å². The van der Waals surface area contributed by atoms with Crippen LogP contribution in [0.1, 0.15) is 39.0 Å². The molecule has 0 amide bonds. The molecule has 6 aromatic rings. The van der Waals surface area contributed by atoms with Gasteiger partial charge >= 0.3 is 0 Å². The normalized spacial score (nSPS) is 10.5. The number of aromatic hydroxyl groups is 2. The Morgan fingerprint density at radius 2 is 1.33 bits per heavy atom. The third-order valence-corrected chi connectivity index (χ3v) is 7.34. The van der Waals surface area contributed by atoms with Crippen LogP contribution in [-0.2, 0) is 6.42 Å². The van der Waals surface area contributed by atoms with Crippen molar-refractivity contribution in [3.63, 3.8) is 0 Å². The summed E-state index contributed by atoms with van der Waals surface area (Å²) < 4.78 is 28.6. The molecule has 0 bridgehead atoms. The van der Waals surface area contributed by atoms with Crippen LogP contribution in [0.15, 0.2) is 100 Å². The molecule has 256 valence electrons. The molecule has 10 heteroatoms. The standard InChI is InChI=1S/C24H29NO4.C15H10O4.ClH/c1-5-26-21-10-9-17(14-22(21)27-6-2)13-20-19-16-24(29-8-4)23(28-7-3)15-18(19)11-12-25-20;16-10-6-11(17)15-12(18)8-13(19-14(15)7-10)9-4-2-1-3-5-9;/h9-12,14-16H,5-8,13H2,1-4H3;1-8,16-17H;1H. The number of fused-ring (bicyclic) bond motifs is 2. The fourth-order valence-electron chi connectivity index (χ4n) is 5.32. The molecule has 0 aliphatic carbocycles. The van der Waals surface area contributed by atoms with Crippen molar-refractivity contribution < 1.29 is 33.6 Å². The molecule has 0 spiro atoms.